The van der Waals surface area contributed by atoms with Crippen molar-refractivity contribution in [2.45, 2.75) is 19.4 Å². The zero-order valence-electron chi connectivity index (χ0n) is 9.61. The Morgan fingerprint density at radius 2 is 2.33 bits per heavy atom. The van der Waals surface area contributed by atoms with Crippen LogP contribution < -0.4 is 5.73 Å². The fourth-order valence-corrected chi connectivity index (χ4v) is 1.45. The highest BCUT2D eigenvalue weighted by atomic mass is 19.3. The Labute approximate surface area is 102 Å². The van der Waals surface area contributed by atoms with E-state index in [1.807, 2.05) is 0 Å². The molecule has 0 spiro atoms. The number of carbonyl (C=O) groups excluding carboxylic acids is 1. The molecule has 1 heterocycles. The van der Waals surface area contributed by atoms with Crippen LogP contribution in [0.2, 0.25) is 0 Å². The summed E-state index contributed by atoms with van der Waals surface area (Å²) in [6, 6.07) is 2.85. The highest BCUT2D eigenvalue weighted by molar-refractivity contribution is 5.72. The van der Waals surface area contributed by atoms with E-state index in [1.54, 1.807) is 6.07 Å². The zero-order chi connectivity index (χ0) is 13.7. The predicted molar refractivity (Wildman–Crippen MR) is 57.5 cm³/mol. The van der Waals surface area contributed by atoms with Gasteiger partial charge in [-0.15, -0.1) is 0 Å². The van der Waals surface area contributed by atoms with E-state index in [0.29, 0.717) is 0 Å². The Hall–Kier alpha value is -2.07. The number of nitrogens with two attached hydrogens (primary N) is 1. The lowest BCUT2D eigenvalue weighted by molar-refractivity contribution is -0.139. The van der Waals surface area contributed by atoms with Crippen LogP contribution in [0, 0.1) is 11.3 Å². The van der Waals surface area contributed by atoms with Crippen molar-refractivity contribution < 1.29 is 18.3 Å². The summed E-state index contributed by atoms with van der Waals surface area (Å²) in [6.45, 7) is -0.00757. The van der Waals surface area contributed by atoms with Crippen molar-refractivity contribution in [3.8, 4) is 6.07 Å². The van der Waals surface area contributed by atoms with Crippen molar-refractivity contribution in [3.05, 3.63) is 28.6 Å². The minimum atomic E-state index is -2.89. The van der Waals surface area contributed by atoms with Gasteiger partial charge in [-0.2, -0.15) is 5.26 Å². The molecule has 96 valence electrons. The number of halogens is 2. The Balaban J connectivity index is 3.35. The number of pyridine rings is 1. The van der Waals surface area contributed by atoms with Gasteiger partial charge in [-0.25, -0.2) is 8.78 Å². The van der Waals surface area contributed by atoms with E-state index >= 15 is 0 Å². The van der Waals surface area contributed by atoms with E-state index in [9.17, 15) is 13.6 Å². The number of hydrogen-bond acceptors (Lipinski definition) is 5. The van der Waals surface area contributed by atoms with Gasteiger partial charge in [-0.3, -0.25) is 9.78 Å². The van der Waals surface area contributed by atoms with E-state index in [4.69, 9.17) is 11.0 Å². The van der Waals surface area contributed by atoms with Gasteiger partial charge in [0.05, 0.1) is 42.1 Å². The van der Waals surface area contributed by atoms with Crippen LogP contribution in [0.25, 0.3) is 0 Å². The zero-order valence-corrected chi connectivity index (χ0v) is 9.61. The smallest absolute Gasteiger partial charge is 0.311 e. The number of nitriles is 1. The molecule has 0 aliphatic rings. The van der Waals surface area contributed by atoms with Crippen LogP contribution in [-0.2, 0) is 22.5 Å². The van der Waals surface area contributed by atoms with Crippen molar-refractivity contribution in [1.82, 2.24) is 4.98 Å². The second-order valence-electron chi connectivity index (χ2n) is 3.39. The summed E-state index contributed by atoms with van der Waals surface area (Å²) in [5.74, 6) is -0.706. The molecule has 1 aromatic heterocycles. The van der Waals surface area contributed by atoms with Gasteiger partial charge in [0.1, 0.15) is 0 Å². The SMILES string of the molecule is COC(=O)Cc1nc(CN)cc(C#N)c1C(F)F. The number of ether oxygens (including phenoxy) is 1. The average molecular weight is 255 g/mol. The van der Waals surface area contributed by atoms with Crippen LogP contribution in [0.15, 0.2) is 6.07 Å². The molecule has 1 aromatic rings. The maximum absolute atomic E-state index is 12.9. The van der Waals surface area contributed by atoms with Gasteiger partial charge in [0.15, 0.2) is 0 Å². The number of rotatable bonds is 4. The van der Waals surface area contributed by atoms with Crippen molar-refractivity contribution >= 4 is 5.97 Å². The first-order valence-electron chi connectivity index (χ1n) is 5.01. The number of methoxy groups -OCH3 is 1. The maximum atomic E-state index is 12.9. The first-order chi connectivity index (χ1) is 8.53. The van der Waals surface area contributed by atoms with Crippen LogP contribution in [0.4, 0.5) is 8.78 Å². The summed E-state index contributed by atoms with van der Waals surface area (Å²) < 4.78 is 30.2. The molecule has 0 aromatic carbocycles. The van der Waals surface area contributed by atoms with Crippen LogP contribution in [0.5, 0.6) is 0 Å². The van der Waals surface area contributed by atoms with Gasteiger partial charge in [0.25, 0.3) is 6.43 Å². The lowest BCUT2D eigenvalue weighted by atomic mass is 10.0. The van der Waals surface area contributed by atoms with Crippen molar-refractivity contribution in [2.75, 3.05) is 7.11 Å². The summed E-state index contributed by atoms with van der Waals surface area (Å²) in [7, 11) is 1.14. The molecule has 7 heteroatoms. The summed E-state index contributed by atoms with van der Waals surface area (Å²) in [5, 5.41) is 8.83. The van der Waals surface area contributed by atoms with Gasteiger partial charge in [0, 0.05) is 6.54 Å². The largest absolute Gasteiger partial charge is 0.469 e. The van der Waals surface area contributed by atoms with E-state index in [0.717, 1.165) is 7.11 Å². The fraction of sp³-hybridized carbons (Fsp3) is 0.364. The minimum absolute atomic E-state index is 0.00757. The van der Waals surface area contributed by atoms with E-state index in [2.05, 4.69) is 9.72 Å². The molecule has 0 atom stereocenters. The van der Waals surface area contributed by atoms with Crippen molar-refractivity contribution in [1.29, 1.82) is 5.26 Å². The van der Waals surface area contributed by atoms with Crippen LogP contribution in [0.1, 0.15) is 28.9 Å². The molecule has 0 unspecified atom stereocenters. The molecule has 0 aliphatic carbocycles. The Bertz CT molecular complexity index is 498. The molecule has 0 radical (unpaired) electrons. The molecular formula is C11H11F2N3O2. The van der Waals surface area contributed by atoms with Crippen LogP contribution in [-0.4, -0.2) is 18.1 Å². The molecule has 5 nitrogen and oxygen atoms in total. The predicted octanol–water partition coefficient (Wildman–Crippen LogP) is 1.07. The quantitative estimate of drug-likeness (QED) is 0.813. The van der Waals surface area contributed by atoms with E-state index in [-0.39, 0.29) is 23.5 Å². The molecule has 1 rings (SSSR count). The second-order valence-corrected chi connectivity index (χ2v) is 3.39. The second kappa shape index (κ2) is 6.02. The molecular weight excluding hydrogens is 244 g/mol. The standard InChI is InChI=1S/C11H11F2N3O2/c1-18-9(17)3-8-10(11(12)13)6(4-14)2-7(5-15)16-8/h2,11H,3,5,15H2,1H3. The maximum Gasteiger partial charge on any atom is 0.311 e. The third kappa shape index (κ3) is 2.99. The number of alkyl halides is 2. The Kier molecular flexibility index (Phi) is 4.68. The molecule has 0 fully saturated rings. The molecule has 2 N–H and O–H groups in total. The summed E-state index contributed by atoms with van der Waals surface area (Å²) >= 11 is 0. The first kappa shape index (κ1) is 14.0. The van der Waals surface area contributed by atoms with E-state index < -0.39 is 24.4 Å². The summed E-state index contributed by atoms with van der Waals surface area (Å²) in [5.41, 5.74) is 4.69. The third-order valence-corrected chi connectivity index (χ3v) is 2.28. The number of carbonyl (C=O) groups is 1. The van der Waals surface area contributed by atoms with Gasteiger partial charge in [0.2, 0.25) is 0 Å². The lowest BCUT2D eigenvalue weighted by Crippen LogP contribution is -2.13. The van der Waals surface area contributed by atoms with Crippen LogP contribution in [0.3, 0.4) is 0 Å². The average Bonchev–Trinajstić information content (AvgIpc) is 2.36. The van der Waals surface area contributed by atoms with Crippen molar-refractivity contribution in [3.63, 3.8) is 0 Å². The monoisotopic (exact) mass is 255 g/mol. The van der Waals surface area contributed by atoms with Gasteiger partial charge >= 0.3 is 5.97 Å². The normalized spacial score (nSPS) is 10.2. The topological polar surface area (TPSA) is 89.0 Å². The first-order valence-corrected chi connectivity index (χ1v) is 5.01. The Morgan fingerprint density at radius 1 is 1.67 bits per heavy atom. The fourth-order valence-electron chi connectivity index (χ4n) is 1.45. The minimum Gasteiger partial charge on any atom is -0.469 e. The molecule has 0 aliphatic heterocycles. The highest BCUT2D eigenvalue weighted by Crippen LogP contribution is 2.26. The van der Waals surface area contributed by atoms with E-state index in [1.165, 1.54) is 6.07 Å². The molecule has 0 bridgehead atoms. The molecule has 0 saturated carbocycles. The summed E-state index contributed by atoms with van der Waals surface area (Å²) in [4.78, 5) is 15.0. The van der Waals surface area contributed by atoms with Gasteiger partial charge in [-0.1, -0.05) is 0 Å². The number of hydrogen-bond donors (Lipinski definition) is 1. The Morgan fingerprint density at radius 3 is 2.78 bits per heavy atom. The van der Waals surface area contributed by atoms with Crippen molar-refractivity contribution in [2.24, 2.45) is 5.73 Å². The number of nitrogens with zero attached hydrogens (tertiary/aromatic N) is 2. The number of aromatic nitrogens is 1. The highest BCUT2D eigenvalue weighted by Gasteiger charge is 2.22. The lowest BCUT2D eigenvalue weighted by Gasteiger charge is -2.11. The molecule has 0 saturated heterocycles. The third-order valence-electron chi connectivity index (χ3n) is 2.28. The van der Waals surface area contributed by atoms with Gasteiger partial charge < -0.3 is 10.5 Å². The molecule has 0 amide bonds. The van der Waals surface area contributed by atoms with Crippen LogP contribution >= 0.6 is 0 Å². The summed E-state index contributed by atoms with van der Waals surface area (Å²) in [6.07, 6.45) is -3.31. The van der Waals surface area contributed by atoms with Gasteiger partial charge in [-0.05, 0) is 6.07 Å². The number of esters is 1. The molecule has 18 heavy (non-hydrogen) atoms.